The van der Waals surface area contributed by atoms with Gasteiger partial charge in [-0.15, -0.1) is 0 Å². The maximum atomic E-state index is 9.48. The Kier molecular flexibility index (Phi) is 5.17. The summed E-state index contributed by atoms with van der Waals surface area (Å²) >= 11 is 18.0. The first-order valence-corrected chi connectivity index (χ1v) is 7.15. The third-order valence-corrected chi connectivity index (χ3v) is 3.72. The first-order valence-electron chi connectivity index (χ1n) is 6.01. The van der Waals surface area contributed by atoms with Crippen molar-refractivity contribution in [2.75, 3.05) is 0 Å². The van der Waals surface area contributed by atoms with Crippen molar-refractivity contribution in [3.8, 4) is 5.75 Å². The van der Waals surface area contributed by atoms with Gasteiger partial charge in [-0.2, -0.15) is 0 Å². The van der Waals surface area contributed by atoms with Gasteiger partial charge in [-0.05, 0) is 36.8 Å². The molecule has 0 aromatic heterocycles. The zero-order valence-electron chi connectivity index (χ0n) is 10.7. The van der Waals surface area contributed by atoms with Crippen LogP contribution in [0.4, 0.5) is 0 Å². The fourth-order valence-electron chi connectivity index (χ4n) is 1.69. The summed E-state index contributed by atoms with van der Waals surface area (Å²) in [5, 5.41) is 11.1. The lowest BCUT2D eigenvalue weighted by atomic mass is 10.1. The zero-order valence-corrected chi connectivity index (χ0v) is 13.0. The van der Waals surface area contributed by atoms with Crippen molar-refractivity contribution in [1.82, 2.24) is 0 Å². The molecule has 0 saturated carbocycles. The van der Waals surface area contributed by atoms with Crippen LogP contribution in [-0.2, 0) is 6.61 Å². The third kappa shape index (κ3) is 3.80. The summed E-state index contributed by atoms with van der Waals surface area (Å²) in [6.07, 6.45) is -0.563. The van der Waals surface area contributed by atoms with Gasteiger partial charge in [0.2, 0.25) is 0 Å². The Labute approximate surface area is 132 Å². The summed E-state index contributed by atoms with van der Waals surface area (Å²) in [7, 11) is 0. The van der Waals surface area contributed by atoms with Crippen molar-refractivity contribution in [3.63, 3.8) is 0 Å². The molecule has 0 radical (unpaired) electrons. The van der Waals surface area contributed by atoms with Crippen LogP contribution in [0.1, 0.15) is 24.2 Å². The summed E-state index contributed by atoms with van der Waals surface area (Å²) in [5.74, 6) is 0.544. The molecule has 20 heavy (non-hydrogen) atoms. The molecule has 0 aliphatic rings. The lowest BCUT2D eigenvalue weighted by Crippen LogP contribution is -1.98. The van der Waals surface area contributed by atoms with Crippen LogP contribution >= 0.6 is 34.8 Å². The average Bonchev–Trinajstić information content (AvgIpc) is 2.38. The molecular weight excluding hydrogens is 319 g/mol. The molecular formula is C15H13Cl3O2. The minimum Gasteiger partial charge on any atom is -0.487 e. The molecule has 2 aromatic carbocycles. The highest BCUT2D eigenvalue weighted by atomic mass is 35.5. The topological polar surface area (TPSA) is 29.5 Å². The van der Waals surface area contributed by atoms with Crippen molar-refractivity contribution >= 4 is 34.8 Å². The van der Waals surface area contributed by atoms with Crippen molar-refractivity contribution < 1.29 is 9.84 Å². The zero-order chi connectivity index (χ0) is 14.7. The van der Waals surface area contributed by atoms with E-state index in [9.17, 15) is 5.11 Å². The van der Waals surface area contributed by atoms with Crippen LogP contribution in [0.25, 0.3) is 0 Å². The minimum absolute atomic E-state index is 0.295. The smallest absolute Gasteiger partial charge is 0.138 e. The maximum absolute atomic E-state index is 9.48. The molecule has 1 atom stereocenters. The Bertz CT molecular complexity index is 612. The molecule has 1 unspecified atom stereocenters. The molecule has 1 N–H and O–H groups in total. The number of aliphatic hydroxyl groups is 1. The number of rotatable bonds is 4. The second kappa shape index (κ2) is 6.68. The molecule has 0 heterocycles. The first kappa shape index (κ1) is 15.5. The van der Waals surface area contributed by atoms with Gasteiger partial charge < -0.3 is 9.84 Å². The normalized spacial score (nSPS) is 12.2. The molecule has 106 valence electrons. The van der Waals surface area contributed by atoms with Crippen molar-refractivity contribution in [3.05, 3.63) is 62.6 Å². The Morgan fingerprint density at radius 3 is 2.40 bits per heavy atom. The molecule has 0 amide bonds. The van der Waals surface area contributed by atoms with E-state index in [1.807, 2.05) is 6.07 Å². The Morgan fingerprint density at radius 2 is 1.80 bits per heavy atom. The number of halogens is 3. The van der Waals surface area contributed by atoms with Gasteiger partial charge in [0, 0.05) is 15.6 Å². The summed E-state index contributed by atoms with van der Waals surface area (Å²) in [5.41, 5.74) is 1.57. The molecule has 2 aromatic rings. The molecule has 5 heteroatoms. The molecule has 2 rings (SSSR count). The Balaban J connectivity index is 2.11. The summed E-state index contributed by atoms with van der Waals surface area (Å²) in [6, 6.07) is 10.4. The summed E-state index contributed by atoms with van der Waals surface area (Å²) < 4.78 is 5.64. The molecule has 0 aliphatic carbocycles. The van der Waals surface area contributed by atoms with Crippen LogP contribution in [0.3, 0.4) is 0 Å². The highest BCUT2D eigenvalue weighted by Gasteiger charge is 2.08. The van der Waals surface area contributed by atoms with Gasteiger partial charge >= 0.3 is 0 Å². The van der Waals surface area contributed by atoms with Crippen LogP contribution < -0.4 is 4.74 Å². The Hall–Kier alpha value is -0.930. The average molecular weight is 332 g/mol. The van der Waals surface area contributed by atoms with Gasteiger partial charge in [0.05, 0.1) is 11.1 Å². The van der Waals surface area contributed by atoms with E-state index >= 15 is 0 Å². The molecule has 2 nitrogen and oxygen atoms in total. The van der Waals surface area contributed by atoms with Crippen LogP contribution in [0.2, 0.25) is 15.1 Å². The number of aliphatic hydroxyl groups excluding tert-OH is 1. The first-order chi connectivity index (χ1) is 9.47. The number of ether oxygens (including phenoxy) is 1. The summed E-state index contributed by atoms with van der Waals surface area (Å²) in [6.45, 7) is 1.98. The van der Waals surface area contributed by atoms with E-state index < -0.39 is 6.10 Å². The number of benzene rings is 2. The highest BCUT2D eigenvalue weighted by molar-refractivity contribution is 6.35. The van der Waals surface area contributed by atoms with Crippen molar-refractivity contribution in [2.45, 2.75) is 19.6 Å². The van der Waals surface area contributed by atoms with Gasteiger partial charge in [-0.1, -0.05) is 46.9 Å². The van der Waals surface area contributed by atoms with E-state index in [0.717, 1.165) is 11.1 Å². The monoisotopic (exact) mass is 330 g/mol. The SMILES string of the molecule is CC(O)c1ccc(OCc2ccc(Cl)cc2Cl)c(Cl)c1. The van der Waals surface area contributed by atoms with Gasteiger partial charge in [-0.25, -0.2) is 0 Å². The van der Waals surface area contributed by atoms with Gasteiger partial charge in [0.1, 0.15) is 12.4 Å². The molecule has 0 bridgehead atoms. The number of hydrogen-bond acceptors (Lipinski definition) is 2. The van der Waals surface area contributed by atoms with Crippen LogP contribution in [-0.4, -0.2) is 5.11 Å². The van der Waals surface area contributed by atoms with E-state index in [-0.39, 0.29) is 0 Å². The second-order valence-electron chi connectivity index (χ2n) is 4.39. The van der Waals surface area contributed by atoms with E-state index in [0.29, 0.717) is 27.4 Å². The van der Waals surface area contributed by atoms with Crippen LogP contribution in [0.15, 0.2) is 36.4 Å². The predicted octanol–water partition coefficient (Wildman–Crippen LogP) is 5.28. The van der Waals surface area contributed by atoms with Gasteiger partial charge in [0.15, 0.2) is 0 Å². The number of hydrogen-bond donors (Lipinski definition) is 1. The quantitative estimate of drug-likeness (QED) is 0.826. The fourth-order valence-corrected chi connectivity index (χ4v) is 2.39. The molecule has 0 aliphatic heterocycles. The highest BCUT2D eigenvalue weighted by Crippen LogP contribution is 2.29. The van der Waals surface area contributed by atoms with E-state index in [1.165, 1.54) is 0 Å². The fraction of sp³-hybridized carbons (Fsp3) is 0.200. The predicted molar refractivity (Wildman–Crippen MR) is 82.9 cm³/mol. The van der Waals surface area contributed by atoms with Crippen molar-refractivity contribution in [2.24, 2.45) is 0 Å². The standard InChI is InChI=1S/C15H13Cl3O2/c1-9(19)10-3-5-15(14(18)6-10)20-8-11-2-4-12(16)7-13(11)17/h2-7,9,19H,8H2,1H3. The van der Waals surface area contributed by atoms with Crippen molar-refractivity contribution in [1.29, 1.82) is 0 Å². The third-order valence-electron chi connectivity index (χ3n) is 2.84. The van der Waals surface area contributed by atoms with E-state index in [2.05, 4.69) is 0 Å². The van der Waals surface area contributed by atoms with E-state index in [4.69, 9.17) is 39.5 Å². The van der Waals surface area contributed by atoms with E-state index in [1.54, 1.807) is 37.3 Å². The van der Waals surface area contributed by atoms with Gasteiger partial charge in [0.25, 0.3) is 0 Å². The van der Waals surface area contributed by atoms with Gasteiger partial charge in [-0.3, -0.25) is 0 Å². The Morgan fingerprint density at radius 1 is 1.05 bits per heavy atom. The lowest BCUT2D eigenvalue weighted by Gasteiger charge is -2.11. The molecule has 0 spiro atoms. The van der Waals surface area contributed by atoms with Crippen LogP contribution in [0, 0.1) is 0 Å². The lowest BCUT2D eigenvalue weighted by molar-refractivity contribution is 0.199. The molecule has 0 fully saturated rings. The second-order valence-corrected chi connectivity index (χ2v) is 5.64. The summed E-state index contributed by atoms with van der Waals surface area (Å²) in [4.78, 5) is 0. The minimum atomic E-state index is -0.563. The van der Waals surface area contributed by atoms with Crippen LogP contribution in [0.5, 0.6) is 5.75 Å². The maximum Gasteiger partial charge on any atom is 0.138 e. The molecule has 0 saturated heterocycles. The largest absolute Gasteiger partial charge is 0.487 e.